The summed E-state index contributed by atoms with van der Waals surface area (Å²) in [5, 5.41) is 19.1. The van der Waals surface area contributed by atoms with Crippen LogP contribution in [0.4, 0.5) is 17.2 Å². The maximum Gasteiger partial charge on any atom is 0.329 e. The largest absolute Gasteiger partial charge is 0.491 e. The predicted octanol–water partition coefficient (Wildman–Crippen LogP) is 3.21. The molecule has 0 unspecified atom stereocenters. The standard InChI is InChI=1S/C23H29N7O4/c1-28-9-7-19(8-10-28)29-16-17(14-25-29)13-22-24-15-21(30(31)32)23(27-22)26-18-3-5-20(6-4-18)34-12-11-33-2/h3-6,14-16,19H,7-13H2,1-2H3,(H,24,26,27). The second-order valence-electron chi connectivity index (χ2n) is 8.31. The highest BCUT2D eigenvalue weighted by Crippen LogP contribution is 2.27. The van der Waals surface area contributed by atoms with Crippen LogP contribution in [-0.4, -0.2) is 70.0 Å². The number of hydrogen-bond acceptors (Lipinski definition) is 9. The van der Waals surface area contributed by atoms with E-state index in [-0.39, 0.29) is 11.5 Å². The molecule has 1 aliphatic heterocycles. The molecule has 4 rings (SSSR count). The Bertz CT molecular complexity index is 1090. The Hall–Kier alpha value is -3.57. The average Bonchev–Trinajstić information content (AvgIpc) is 3.29. The topological polar surface area (TPSA) is 120 Å². The van der Waals surface area contributed by atoms with Crippen molar-refractivity contribution in [1.29, 1.82) is 0 Å². The van der Waals surface area contributed by atoms with Gasteiger partial charge in [0.25, 0.3) is 0 Å². The zero-order valence-corrected chi connectivity index (χ0v) is 19.4. The van der Waals surface area contributed by atoms with E-state index >= 15 is 0 Å². The lowest BCUT2D eigenvalue weighted by Gasteiger charge is -2.28. The molecule has 1 aromatic carbocycles. The first-order chi connectivity index (χ1) is 16.5. The summed E-state index contributed by atoms with van der Waals surface area (Å²) in [4.78, 5) is 22.0. The highest BCUT2D eigenvalue weighted by Gasteiger charge is 2.20. The fraction of sp³-hybridized carbons (Fsp3) is 0.435. The van der Waals surface area contributed by atoms with Gasteiger partial charge in [0, 0.05) is 25.4 Å². The maximum atomic E-state index is 11.5. The first-order valence-corrected chi connectivity index (χ1v) is 11.2. The average molecular weight is 468 g/mol. The molecular formula is C23H29N7O4. The van der Waals surface area contributed by atoms with Gasteiger partial charge >= 0.3 is 5.69 Å². The summed E-state index contributed by atoms with van der Waals surface area (Å²) in [6.07, 6.45) is 7.65. The number of anilines is 2. The minimum atomic E-state index is -0.494. The van der Waals surface area contributed by atoms with Crippen LogP contribution >= 0.6 is 0 Å². The van der Waals surface area contributed by atoms with Gasteiger partial charge in [0.1, 0.15) is 24.4 Å². The van der Waals surface area contributed by atoms with Gasteiger partial charge in [-0.3, -0.25) is 14.8 Å². The van der Waals surface area contributed by atoms with Gasteiger partial charge in [0.05, 0.1) is 23.8 Å². The molecule has 2 aromatic heterocycles. The van der Waals surface area contributed by atoms with Crippen LogP contribution in [0.15, 0.2) is 42.9 Å². The van der Waals surface area contributed by atoms with Crippen molar-refractivity contribution in [3.63, 3.8) is 0 Å². The van der Waals surface area contributed by atoms with E-state index in [0.717, 1.165) is 31.5 Å². The number of methoxy groups -OCH3 is 1. The van der Waals surface area contributed by atoms with Crippen LogP contribution < -0.4 is 10.1 Å². The highest BCUT2D eigenvalue weighted by atomic mass is 16.6. The van der Waals surface area contributed by atoms with Crippen molar-refractivity contribution in [3.8, 4) is 5.75 Å². The minimum absolute atomic E-state index is 0.144. The molecule has 11 heteroatoms. The summed E-state index contributed by atoms with van der Waals surface area (Å²) < 4.78 is 12.5. The van der Waals surface area contributed by atoms with Gasteiger partial charge in [-0.15, -0.1) is 0 Å². The molecule has 11 nitrogen and oxygen atoms in total. The van der Waals surface area contributed by atoms with Gasteiger partial charge in [0.15, 0.2) is 0 Å². The normalized spacial score (nSPS) is 14.8. The smallest absolute Gasteiger partial charge is 0.329 e. The Morgan fingerprint density at radius 3 is 2.65 bits per heavy atom. The fourth-order valence-corrected chi connectivity index (χ4v) is 3.85. The van der Waals surface area contributed by atoms with Crippen LogP contribution in [0.5, 0.6) is 5.75 Å². The molecule has 3 aromatic rings. The van der Waals surface area contributed by atoms with E-state index in [1.54, 1.807) is 31.4 Å². The predicted molar refractivity (Wildman–Crippen MR) is 127 cm³/mol. The zero-order chi connectivity index (χ0) is 23.9. The molecule has 0 saturated carbocycles. The van der Waals surface area contributed by atoms with Crippen LogP contribution in [-0.2, 0) is 11.2 Å². The van der Waals surface area contributed by atoms with Crippen molar-refractivity contribution >= 4 is 17.2 Å². The van der Waals surface area contributed by atoms with E-state index in [2.05, 4.69) is 32.3 Å². The lowest BCUT2D eigenvalue weighted by Crippen LogP contribution is -2.31. The Labute approximate surface area is 197 Å². The Morgan fingerprint density at radius 2 is 1.94 bits per heavy atom. The number of aromatic nitrogens is 4. The molecule has 180 valence electrons. The molecule has 0 amide bonds. The number of nitrogens with zero attached hydrogens (tertiary/aromatic N) is 6. The maximum absolute atomic E-state index is 11.5. The first-order valence-electron chi connectivity index (χ1n) is 11.2. The molecule has 0 atom stereocenters. The monoisotopic (exact) mass is 467 g/mol. The summed E-state index contributed by atoms with van der Waals surface area (Å²) >= 11 is 0. The SMILES string of the molecule is COCCOc1ccc(Nc2nc(Cc3cnn(C4CCN(C)CC4)c3)ncc2[N+](=O)[O-])cc1. The van der Waals surface area contributed by atoms with Crippen LogP contribution in [0.3, 0.4) is 0 Å². The van der Waals surface area contributed by atoms with E-state index in [0.29, 0.717) is 42.9 Å². The lowest BCUT2D eigenvalue weighted by atomic mass is 10.1. The third kappa shape index (κ3) is 6.06. The Morgan fingerprint density at radius 1 is 1.18 bits per heavy atom. The molecule has 0 radical (unpaired) electrons. The van der Waals surface area contributed by atoms with Crippen LogP contribution in [0, 0.1) is 10.1 Å². The van der Waals surface area contributed by atoms with Gasteiger partial charge in [-0.25, -0.2) is 9.97 Å². The number of ether oxygens (including phenoxy) is 2. The number of nitro groups is 1. The number of benzene rings is 1. The van der Waals surface area contributed by atoms with Crippen molar-refractivity contribution in [3.05, 3.63) is 64.4 Å². The molecule has 1 N–H and O–H groups in total. The molecule has 34 heavy (non-hydrogen) atoms. The first kappa shape index (κ1) is 23.6. The second-order valence-corrected chi connectivity index (χ2v) is 8.31. The van der Waals surface area contributed by atoms with Crippen molar-refractivity contribution in [2.75, 3.05) is 45.8 Å². The third-order valence-electron chi connectivity index (χ3n) is 5.77. The van der Waals surface area contributed by atoms with Gasteiger partial charge in [-0.1, -0.05) is 0 Å². The van der Waals surface area contributed by atoms with E-state index < -0.39 is 4.92 Å². The highest BCUT2D eigenvalue weighted by molar-refractivity contribution is 5.65. The number of piperidine rings is 1. The van der Waals surface area contributed by atoms with Crippen molar-refractivity contribution < 1.29 is 14.4 Å². The molecule has 1 saturated heterocycles. The van der Waals surface area contributed by atoms with E-state index in [1.165, 1.54) is 6.20 Å². The molecule has 0 aliphatic carbocycles. The Balaban J connectivity index is 1.45. The van der Waals surface area contributed by atoms with E-state index in [1.807, 2.05) is 17.1 Å². The summed E-state index contributed by atoms with van der Waals surface area (Å²) in [5.41, 5.74) is 1.43. The fourth-order valence-electron chi connectivity index (χ4n) is 3.85. The number of likely N-dealkylation sites (tertiary alicyclic amines) is 1. The molecule has 0 spiro atoms. The van der Waals surface area contributed by atoms with Gasteiger partial charge in [-0.05, 0) is 62.8 Å². The number of rotatable bonds is 10. The second kappa shape index (κ2) is 11.0. The van der Waals surface area contributed by atoms with E-state index in [4.69, 9.17) is 9.47 Å². The van der Waals surface area contributed by atoms with Crippen LogP contribution in [0.2, 0.25) is 0 Å². The minimum Gasteiger partial charge on any atom is -0.491 e. The Kier molecular flexibility index (Phi) is 7.65. The van der Waals surface area contributed by atoms with Gasteiger partial charge < -0.3 is 19.7 Å². The molecular weight excluding hydrogens is 438 g/mol. The van der Waals surface area contributed by atoms with Gasteiger partial charge in [0.2, 0.25) is 5.82 Å². The lowest BCUT2D eigenvalue weighted by molar-refractivity contribution is -0.384. The zero-order valence-electron chi connectivity index (χ0n) is 19.4. The number of nitrogens with one attached hydrogen (secondary N) is 1. The van der Waals surface area contributed by atoms with Crippen molar-refractivity contribution in [2.45, 2.75) is 25.3 Å². The summed E-state index contributed by atoms with van der Waals surface area (Å²) in [5.74, 6) is 1.31. The summed E-state index contributed by atoms with van der Waals surface area (Å²) in [7, 11) is 3.74. The van der Waals surface area contributed by atoms with Crippen LogP contribution in [0.25, 0.3) is 0 Å². The quantitative estimate of drug-likeness (QED) is 0.272. The molecule has 1 fully saturated rings. The summed E-state index contributed by atoms with van der Waals surface area (Å²) in [6.45, 7) is 3.05. The summed E-state index contributed by atoms with van der Waals surface area (Å²) in [6, 6.07) is 7.51. The van der Waals surface area contributed by atoms with Crippen LogP contribution in [0.1, 0.15) is 30.3 Å². The van der Waals surface area contributed by atoms with Crippen molar-refractivity contribution in [2.24, 2.45) is 0 Å². The third-order valence-corrected chi connectivity index (χ3v) is 5.77. The van der Waals surface area contributed by atoms with E-state index in [9.17, 15) is 10.1 Å². The number of hydrogen-bond donors (Lipinski definition) is 1. The van der Waals surface area contributed by atoms with Crippen molar-refractivity contribution in [1.82, 2.24) is 24.6 Å². The molecule has 0 bridgehead atoms. The molecule has 3 heterocycles. The molecule has 1 aliphatic rings. The van der Waals surface area contributed by atoms with Gasteiger partial charge in [-0.2, -0.15) is 5.10 Å².